The van der Waals surface area contributed by atoms with Gasteiger partial charge in [-0.2, -0.15) is 0 Å². The van der Waals surface area contributed by atoms with Crippen LogP contribution in [0.5, 0.6) is 5.75 Å². The summed E-state index contributed by atoms with van der Waals surface area (Å²) in [6, 6.07) is 3.56. The summed E-state index contributed by atoms with van der Waals surface area (Å²) in [4.78, 5) is 12.1. The zero-order valence-corrected chi connectivity index (χ0v) is 8.05. The Kier molecular flexibility index (Phi) is 3.35. The number of aliphatic hydroxyl groups is 1. The van der Waals surface area contributed by atoms with Gasteiger partial charge in [0.2, 0.25) is 0 Å². The molecule has 0 spiro atoms. The van der Waals surface area contributed by atoms with Gasteiger partial charge in [0.25, 0.3) is 0 Å². The van der Waals surface area contributed by atoms with Crippen LogP contribution in [-0.2, 0) is 0 Å². The number of aromatic hydroxyl groups is 1. The number of amides is 2. The molecular weight excluding hydrogens is 198 g/mol. The average molecular weight is 211 g/mol. The van der Waals surface area contributed by atoms with Crippen LogP contribution in [0, 0.1) is 0 Å². The van der Waals surface area contributed by atoms with Gasteiger partial charge in [-0.1, -0.05) is 0 Å². The molecule has 15 heavy (non-hydrogen) atoms. The first-order valence-corrected chi connectivity index (χ1v) is 4.32. The molecule has 0 aromatic heterocycles. The quantitative estimate of drug-likeness (QED) is 0.521. The zero-order chi connectivity index (χ0) is 11.4. The molecule has 1 rings (SSSR count). The Bertz CT molecular complexity index is 368. The first kappa shape index (κ1) is 11.1. The first-order valence-electron chi connectivity index (χ1n) is 4.32. The molecule has 1 aromatic rings. The van der Waals surface area contributed by atoms with Crippen LogP contribution >= 0.6 is 0 Å². The maximum absolute atomic E-state index is 11.0. The highest BCUT2D eigenvalue weighted by molar-refractivity contribution is 5.92. The van der Waals surface area contributed by atoms with Crippen LogP contribution in [-0.4, -0.2) is 29.4 Å². The summed E-state index contributed by atoms with van der Waals surface area (Å²) in [6.07, 6.45) is 0. The number of nitrogens with zero attached hydrogens (tertiary/aromatic N) is 1. The van der Waals surface area contributed by atoms with Crippen molar-refractivity contribution in [3.05, 3.63) is 18.2 Å². The Balaban J connectivity index is 3.05. The van der Waals surface area contributed by atoms with Crippen molar-refractivity contribution in [2.24, 2.45) is 5.73 Å². The maximum atomic E-state index is 11.0. The highest BCUT2D eigenvalue weighted by Gasteiger charge is 2.15. The van der Waals surface area contributed by atoms with E-state index in [1.54, 1.807) is 0 Å². The molecular formula is C9H13N3O3. The van der Waals surface area contributed by atoms with E-state index >= 15 is 0 Å². The Morgan fingerprint density at radius 3 is 2.60 bits per heavy atom. The number of benzene rings is 1. The number of hydrogen-bond acceptors (Lipinski definition) is 4. The largest absolute Gasteiger partial charge is 0.506 e. The third kappa shape index (κ3) is 2.50. The third-order valence-electron chi connectivity index (χ3n) is 1.88. The van der Waals surface area contributed by atoms with Gasteiger partial charge in [-0.05, 0) is 12.1 Å². The van der Waals surface area contributed by atoms with E-state index in [1.807, 2.05) is 0 Å². The van der Waals surface area contributed by atoms with Crippen molar-refractivity contribution in [3.8, 4) is 5.75 Å². The number of primary amides is 1. The van der Waals surface area contributed by atoms with Crippen LogP contribution in [0.2, 0.25) is 0 Å². The van der Waals surface area contributed by atoms with Gasteiger partial charge in [-0.25, -0.2) is 4.79 Å². The van der Waals surface area contributed by atoms with E-state index in [2.05, 4.69) is 0 Å². The van der Waals surface area contributed by atoms with Crippen LogP contribution in [0.25, 0.3) is 0 Å². The van der Waals surface area contributed by atoms with Crippen molar-refractivity contribution >= 4 is 17.4 Å². The van der Waals surface area contributed by atoms with E-state index in [-0.39, 0.29) is 24.6 Å². The van der Waals surface area contributed by atoms with Gasteiger partial charge in [0, 0.05) is 11.8 Å². The summed E-state index contributed by atoms with van der Waals surface area (Å²) in [7, 11) is 0. The fourth-order valence-electron chi connectivity index (χ4n) is 1.22. The summed E-state index contributed by atoms with van der Waals surface area (Å²) in [5.74, 6) is -0.151. The molecule has 2 amide bonds. The second-order valence-corrected chi connectivity index (χ2v) is 2.96. The number of carbonyl (C=O) groups is 1. The standard InChI is InChI=1S/C9H13N3O3/c10-6-1-2-7(8(14)5-6)12(3-4-13)9(11)15/h1-2,5,13-14H,3-4,10H2,(H2,11,15). The van der Waals surface area contributed by atoms with Gasteiger partial charge in [-0.3, -0.25) is 4.90 Å². The van der Waals surface area contributed by atoms with E-state index < -0.39 is 6.03 Å². The second-order valence-electron chi connectivity index (χ2n) is 2.96. The van der Waals surface area contributed by atoms with Crippen molar-refractivity contribution in [3.63, 3.8) is 0 Å². The number of phenolic OH excluding ortho intramolecular Hbond substituents is 1. The summed E-state index contributed by atoms with van der Waals surface area (Å²) < 4.78 is 0. The molecule has 0 fully saturated rings. The molecule has 0 saturated carbocycles. The van der Waals surface area contributed by atoms with E-state index in [9.17, 15) is 9.90 Å². The highest BCUT2D eigenvalue weighted by atomic mass is 16.3. The molecule has 82 valence electrons. The molecule has 0 bridgehead atoms. The van der Waals surface area contributed by atoms with Gasteiger partial charge in [0.15, 0.2) is 0 Å². The van der Waals surface area contributed by atoms with E-state index in [0.717, 1.165) is 4.90 Å². The Morgan fingerprint density at radius 2 is 2.13 bits per heavy atom. The van der Waals surface area contributed by atoms with Crippen molar-refractivity contribution in [1.82, 2.24) is 0 Å². The Labute approximate surface area is 86.7 Å². The molecule has 0 aliphatic rings. The third-order valence-corrected chi connectivity index (χ3v) is 1.88. The number of carbonyl (C=O) groups excluding carboxylic acids is 1. The molecule has 0 heterocycles. The maximum Gasteiger partial charge on any atom is 0.319 e. The van der Waals surface area contributed by atoms with Gasteiger partial charge < -0.3 is 21.7 Å². The fraction of sp³-hybridized carbons (Fsp3) is 0.222. The van der Waals surface area contributed by atoms with Crippen molar-refractivity contribution in [2.45, 2.75) is 0 Å². The molecule has 6 N–H and O–H groups in total. The molecule has 0 unspecified atom stereocenters. The number of nitrogens with two attached hydrogens (primary N) is 2. The zero-order valence-electron chi connectivity index (χ0n) is 8.05. The van der Waals surface area contributed by atoms with E-state index in [1.165, 1.54) is 18.2 Å². The Morgan fingerprint density at radius 1 is 1.47 bits per heavy atom. The van der Waals surface area contributed by atoms with Crippen molar-refractivity contribution in [2.75, 3.05) is 23.8 Å². The smallest absolute Gasteiger partial charge is 0.319 e. The van der Waals surface area contributed by atoms with Crippen LogP contribution in [0.3, 0.4) is 0 Å². The van der Waals surface area contributed by atoms with Crippen LogP contribution in [0.15, 0.2) is 18.2 Å². The summed E-state index contributed by atoms with van der Waals surface area (Å²) in [5.41, 5.74) is 11.1. The van der Waals surface area contributed by atoms with Crippen molar-refractivity contribution in [1.29, 1.82) is 0 Å². The van der Waals surface area contributed by atoms with E-state index in [0.29, 0.717) is 5.69 Å². The van der Waals surface area contributed by atoms with Gasteiger partial charge in [-0.15, -0.1) is 0 Å². The topological polar surface area (TPSA) is 113 Å². The molecule has 0 radical (unpaired) electrons. The van der Waals surface area contributed by atoms with Gasteiger partial charge in [0.05, 0.1) is 18.8 Å². The molecule has 0 aliphatic carbocycles. The fourth-order valence-corrected chi connectivity index (χ4v) is 1.22. The number of anilines is 2. The molecule has 6 heteroatoms. The summed E-state index contributed by atoms with van der Waals surface area (Å²) >= 11 is 0. The number of urea groups is 1. The lowest BCUT2D eigenvalue weighted by atomic mass is 10.2. The minimum Gasteiger partial charge on any atom is -0.506 e. The van der Waals surface area contributed by atoms with E-state index in [4.69, 9.17) is 16.6 Å². The van der Waals surface area contributed by atoms with Gasteiger partial charge >= 0.3 is 6.03 Å². The molecule has 6 nitrogen and oxygen atoms in total. The SMILES string of the molecule is NC(=O)N(CCO)c1ccc(N)cc1O. The normalized spacial score (nSPS) is 9.93. The molecule has 0 atom stereocenters. The number of rotatable bonds is 3. The van der Waals surface area contributed by atoms with Crippen LogP contribution in [0.4, 0.5) is 16.2 Å². The predicted octanol–water partition coefficient (Wildman–Crippen LogP) is -0.148. The summed E-state index contributed by atoms with van der Waals surface area (Å²) in [6.45, 7) is -0.223. The summed E-state index contributed by atoms with van der Waals surface area (Å²) in [5, 5.41) is 18.3. The number of hydrogen-bond donors (Lipinski definition) is 4. The average Bonchev–Trinajstić information content (AvgIpc) is 2.15. The predicted molar refractivity (Wildman–Crippen MR) is 56.5 cm³/mol. The number of phenols is 1. The minimum absolute atomic E-state index is 0.0206. The molecule has 1 aromatic carbocycles. The van der Waals surface area contributed by atoms with Crippen molar-refractivity contribution < 1.29 is 15.0 Å². The highest BCUT2D eigenvalue weighted by Crippen LogP contribution is 2.28. The minimum atomic E-state index is -0.746. The number of nitrogen functional groups attached to an aromatic ring is 1. The Hall–Kier alpha value is -1.95. The lowest BCUT2D eigenvalue weighted by Crippen LogP contribution is -2.37. The molecule has 0 saturated heterocycles. The first-order chi connectivity index (χ1) is 7.06. The lowest BCUT2D eigenvalue weighted by Gasteiger charge is -2.20. The number of aliphatic hydroxyl groups excluding tert-OH is 1. The van der Waals surface area contributed by atoms with Crippen LogP contribution < -0.4 is 16.4 Å². The van der Waals surface area contributed by atoms with Crippen LogP contribution in [0.1, 0.15) is 0 Å². The second kappa shape index (κ2) is 4.52. The van der Waals surface area contributed by atoms with Gasteiger partial charge in [0.1, 0.15) is 5.75 Å². The molecule has 0 aliphatic heterocycles. The monoisotopic (exact) mass is 211 g/mol. The lowest BCUT2D eigenvalue weighted by molar-refractivity contribution is 0.249.